The number of hydrogen-bond acceptors (Lipinski definition) is 5. The van der Waals surface area contributed by atoms with Crippen LogP contribution in [0.25, 0.3) is 0 Å². The molecule has 0 bridgehead atoms. The third-order valence-corrected chi connectivity index (χ3v) is 3.27. The number of carboxylic acids is 1. The van der Waals surface area contributed by atoms with Crippen LogP contribution < -0.4 is 34.6 Å². The summed E-state index contributed by atoms with van der Waals surface area (Å²) in [7, 11) is -4.31. The Labute approximate surface area is 137 Å². The van der Waals surface area contributed by atoms with Crippen molar-refractivity contribution < 1.29 is 58.7 Å². The molecular weight excluding hydrogens is 299 g/mol. The third kappa shape index (κ3) is 3.44. The van der Waals surface area contributed by atoms with Gasteiger partial charge in [-0.25, -0.2) is 4.79 Å². The molecule has 0 fully saturated rings. The van der Waals surface area contributed by atoms with Gasteiger partial charge in [-0.05, 0) is 24.3 Å². The van der Waals surface area contributed by atoms with Crippen LogP contribution in [0.15, 0.2) is 34.3 Å². The van der Waals surface area contributed by atoms with Gasteiger partial charge in [-0.1, -0.05) is 0 Å². The van der Waals surface area contributed by atoms with Gasteiger partial charge in [-0.2, -0.15) is 18.5 Å². The number of carboxylic acid groups (broad SMARTS) is 1. The number of rotatable bonds is 3. The summed E-state index contributed by atoms with van der Waals surface area (Å²) in [5.74, 6) is -1.82. The summed E-state index contributed by atoms with van der Waals surface area (Å²) in [5.41, 5.74) is -0.0718. The molecule has 102 valence electrons. The maximum absolute atomic E-state index is 11.6. The summed E-state index contributed by atoms with van der Waals surface area (Å²) in [4.78, 5) is 21.9. The maximum Gasteiger partial charge on any atom is 1.00 e. The van der Waals surface area contributed by atoms with E-state index in [1.807, 2.05) is 0 Å². The van der Waals surface area contributed by atoms with Gasteiger partial charge in [0.2, 0.25) is 0 Å². The molecule has 0 unspecified atom stereocenters. The molecule has 0 aliphatic carbocycles. The number of aliphatic carboxylic acids is 1. The Hall–Kier alpha value is -1.26. The second-order valence-corrected chi connectivity index (χ2v) is 5.12. The molecule has 8 nitrogen and oxygen atoms in total. The van der Waals surface area contributed by atoms with E-state index in [0.29, 0.717) is 0 Å². The van der Waals surface area contributed by atoms with Crippen molar-refractivity contribution in [3.63, 3.8) is 0 Å². The fourth-order valence-corrected chi connectivity index (χ4v) is 1.99. The maximum atomic E-state index is 11.6. The van der Waals surface area contributed by atoms with Crippen LogP contribution in [0.3, 0.4) is 0 Å². The number of hydrazone groups is 1. The number of carbonyl (C=O) groups is 2. The monoisotopic (exact) mass is 308 g/mol. The third-order valence-electron chi connectivity index (χ3n) is 2.40. The molecule has 2 N–H and O–H groups in total. The first-order valence-corrected chi connectivity index (χ1v) is 6.44. The van der Waals surface area contributed by atoms with Crippen molar-refractivity contribution >= 4 is 33.4 Å². The summed E-state index contributed by atoms with van der Waals surface area (Å²) in [5, 5.41) is 13.2. The number of nitrogens with zero attached hydrogens (tertiary/aromatic N) is 2. The molecule has 1 aromatic rings. The van der Waals surface area contributed by atoms with Crippen LogP contribution >= 0.6 is 0 Å². The van der Waals surface area contributed by atoms with Gasteiger partial charge >= 0.3 is 35.5 Å². The van der Waals surface area contributed by atoms with Crippen molar-refractivity contribution in [3.05, 3.63) is 24.3 Å². The Kier molecular flexibility index (Phi) is 5.05. The first kappa shape index (κ1) is 16.8. The molecule has 1 aromatic carbocycles. The first-order valence-electron chi connectivity index (χ1n) is 5.00. The van der Waals surface area contributed by atoms with Crippen molar-refractivity contribution in [3.8, 4) is 0 Å². The molecule has 0 aromatic heterocycles. The standard InChI is InChI=1S/C10H8N2O6S.Na.H/c13-9-5-8(10(14)15)11-12(9)6-1-3-7(4-2-6)19(16,17)18;;/h1-4H,5H2,(H,14,15)(H,16,17,18);;/q;+1;-1. The van der Waals surface area contributed by atoms with Crippen LogP contribution in [0.2, 0.25) is 0 Å². The largest absolute Gasteiger partial charge is 1.00 e. The summed E-state index contributed by atoms with van der Waals surface area (Å²) < 4.78 is 30.5. The molecule has 0 saturated carbocycles. The van der Waals surface area contributed by atoms with Gasteiger partial charge < -0.3 is 6.53 Å². The molecule has 20 heavy (non-hydrogen) atoms. The van der Waals surface area contributed by atoms with E-state index in [2.05, 4.69) is 5.10 Å². The molecule has 0 saturated heterocycles. The first-order chi connectivity index (χ1) is 8.79. The van der Waals surface area contributed by atoms with Gasteiger partial charge in [-0.15, -0.1) is 0 Å². The van der Waals surface area contributed by atoms with Crippen LogP contribution in [0, 0.1) is 0 Å². The van der Waals surface area contributed by atoms with Crippen LogP contribution in [0.4, 0.5) is 5.69 Å². The molecule has 10 heteroatoms. The smallest absolute Gasteiger partial charge is 1.00 e. The minimum absolute atomic E-state index is 0. The second-order valence-electron chi connectivity index (χ2n) is 3.70. The second kappa shape index (κ2) is 6.02. The normalized spacial score (nSPS) is 14.8. The summed E-state index contributed by atoms with van der Waals surface area (Å²) >= 11 is 0. The number of carbonyl (C=O) groups excluding carboxylic acids is 1. The summed E-state index contributed by atoms with van der Waals surface area (Å²) in [6, 6.07) is 4.67. The zero-order valence-corrected chi connectivity index (χ0v) is 13.2. The molecule has 0 radical (unpaired) electrons. The fraction of sp³-hybridized carbons (Fsp3) is 0.100. The van der Waals surface area contributed by atoms with Crippen LogP contribution in [0.5, 0.6) is 0 Å². The Balaban J connectivity index is 0.00000200. The molecule has 1 aliphatic heterocycles. The summed E-state index contributed by atoms with van der Waals surface area (Å²) in [6.07, 6.45) is -0.324. The van der Waals surface area contributed by atoms with Crippen molar-refractivity contribution in [1.82, 2.24) is 0 Å². The van der Waals surface area contributed by atoms with E-state index in [-0.39, 0.29) is 53.7 Å². The van der Waals surface area contributed by atoms with Gasteiger partial charge in [0, 0.05) is 0 Å². The van der Waals surface area contributed by atoms with E-state index in [1.165, 1.54) is 12.1 Å². The minimum atomic E-state index is -4.31. The van der Waals surface area contributed by atoms with Gasteiger partial charge in [0.15, 0.2) is 5.71 Å². The van der Waals surface area contributed by atoms with E-state index < -0.39 is 22.0 Å². The van der Waals surface area contributed by atoms with Crippen LogP contribution in [-0.4, -0.2) is 35.7 Å². The number of anilines is 1. The van der Waals surface area contributed by atoms with Crippen molar-refractivity contribution in [2.45, 2.75) is 11.3 Å². The number of amides is 1. The quantitative estimate of drug-likeness (QED) is 0.460. The molecule has 1 aliphatic rings. The average molecular weight is 308 g/mol. The Morgan fingerprint density at radius 2 is 1.85 bits per heavy atom. The van der Waals surface area contributed by atoms with Gasteiger partial charge in [0.1, 0.15) is 0 Å². The fourth-order valence-electron chi connectivity index (χ4n) is 1.51. The molecule has 2 rings (SSSR count). The molecular formula is C10H9N2NaO6S. The van der Waals surface area contributed by atoms with E-state index in [1.54, 1.807) is 0 Å². The number of hydrogen-bond donors (Lipinski definition) is 2. The number of benzene rings is 1. The van der Waals surface area contributed by atoms with E-state index in [4.69, 9.17) is 9.66 Å². The van der Waals surface area contributed by atoms with Crippen LogP contribution in [-0.2, 0) is 19.7 Å². The van der Waals surface area contributed by atoms with E-state index in [9.17, 15) is 18.0 Å². The van der Waals surface area contributed by atoms with Crippen LogP contribution in [0.1, 0.15) is 7.85 Å². The van der Waals surface area contributed by atoms with Crippen molar-refractivity contribution in [2.75, 3.05) is 5.01 Å². The van der Waals surface area contributed by atoms with Crippen molar-refractivity contribution in [1.29, 1.82) is 0 Å². The zero-order valence-electron chi connectivity index (χ0n) is 11.3. The average Bonchev–Trinajstić information content (AvgIpc) is 2.70. The zero-order chi connectivity index (χ0) is 14.2. The SMILES string of the molecule is O=C(O)C1=NN(c2ccc(S(=O)(=O)O)cc2)C(=O)C1.[H-].[Na+]. The van der Waals surface area contributed by atoms with Crippen molar-refractivity contribution in [2.24, 2.45) is 5.10 Å². The van der Waals surface area contributed by atoms with E-state index in [0.717, 1.165) is 17.1 Å². The molecule has 1 heterocycles. The predicted molar refractivity (Wildman–Crippen MR) is 64.5 cm³/mol. The van der Waals surface area contributed by atoms with Gasteiger partial charge in [-0.3, -0.25) is 9.35 Å². The minimum Gasteiger partial charge on any atom is -1.00 e. The molecule has 0 spiro atoms. The molecule has 1 amide bonds. The summed E-state index contributed by atoms with van der Waals surface area (Å²) in [6.45, 7) is 0. The van der Waals surface area contributed by atoms with Gasteiger partial charge in [0.25, 0.3) is 16.0 Å². The Morgan fingerprint density at radius 3 is 2.25 bits per heavy atom. The predicted octanol–water partition coefficient (Wildman–Crippen LogP) is -2.77. The van der Waals surface area contributed by atoms with E-state index >= 15 is 0 Å². The molecule has 0 atom stereocenters. The Morgan fingerprint density at radius 1 is 1.30 bits per heavy atom. The van der Waals surface area contributed by atoms with Gasteiger partial charge in [0.05, 0.1) is 17.0 Å². The topological polar surface area (TPSA) is 124 Å². The Bertz CT molecular complexity index is 688.